The zero-order chi connectivity index (χ0) is 17.6. The van der Waals surface area contributed by atoms with E-state index < -0.39 is 0 Å². The van der Waals surface area contributed by atoms with Crippen molar-refractivity contribution in [1.82, 2.24) is 10.2 Å². The molecule has 3 rings (SSSR count). The second kappa shape index (κ2) is 8.17. The molecule has 1 atom stereocenters. The van der Waals surface area contributed by atoms with E-state index in [2.05, 4.69) is 22.3 Å². The Morgan fingerprint density at radius 3 is 2.64 bits per heavy atom. The summed E-state index contributed by atoms with van der Waals surface area (Å²) in [5, 5.41) is 3.13. The Hall–Kier alpha value is -2.33. The Kier molecular flexibility index (Phi) is 5.71. The second-order valence-corrected chi connectivity index (χ2v) is 6.56. The highest BCUT2D eigenvalue weighted by Gasteiger charge is 2.24. The molecule has 132 valence electrons. The normalized spacial score (nSPS) is 15.8. The van der Waals surface area contributed by atoms with Crippen molar-refractivity contribution in [3.05, 3.63) is 65.2 Å². The van der Waals surface area contributed by atoms with E-state index in [1.54, 1.807) is 7.11 Å². The molecule has 1 saturated heterocycles. The summed E-state index contributed by atoms with van der Waals surface area (Å²) in [6, 6.07) is 16.0. The molecule has 1 aliphatic rings. The smallest absolute Gasteiger partial charge is 0.251 e. The standard InChI is InChI=1S/C21H26N2O2/c1-16-8-3-4-11-19(16)21(24)22-15-20(23-12-5-6-13-23)17-9-7-10-18(14-17)25-2/h3-4,7-11,14,20H,5-6,12-13,15H2,1-2H3,(H,22,24). The van der Waals surface area contributed by atoms with E-state index in [9.17, 15) is 4.79 Å². The number of benzene rings is 2. The van der Waals surface area contributed by atoms with Gasteiger partial charge in [-0.3, -0.25) is 9.69 Å². The molecular formula is C21H26N2O2. The molecule has 0 spiro atoms. The molecule has 0 radical (unpaired) electrons. The van der Waals surface area contributed by atoms with Gasteiger partial charge in [-0.1, -0.05) is 30.3 Å². The molecule has 0 saturated carbocycles. The molecule has 25 heavy (non-hydrogen) atoms. The Morgan fingerprint density at radius 2 is 1.92 bits per heavy atom. The van der Waals surface area contributed by atoms with Crippen LogP contribution in [-0.2, 0) is 0 Å². The van der Waals surface area contributed by atoms with E-state index in [4.69, 9.17) is 4.74 Å². The lowest BCUT2D eigenvalue weighted by Gasteiger charge is -2.28. The van der Waals surface area contributed by atoms with E-state index in [0.29, 0.717) is 6.54 Å². The Bertz CT molecular complexity index is 723. The summed E-state index contributed by atoms with van der Waals surface area (Å²) in [4.78, 5) is 15.0. The molecule has 0 aromatic heterocycles. The van der Waals surface area contributed by atoms with Crippen LogP contribution in [0.5, 0.6) is 5.75 Å². The molecule has 0 aliphatic carbocycles. The number of carbonyl (C=O) groups is 1. The van der Waals surface area contributed by atoms with Crippen LogP contribution >= 0.6 is 0 Å². The highest BCUT2D eigenvalue weighted by molar-refractivity contribution is 5.95. The molecule has 1 fully saturated rings. The minimum absolute atomic E-state index is 0.00908. The summed E-state index contributed by atoms with van der Waals surface area (Å²) in [7, 11) is 1.68. The van der Waals surface area contributed by atoms with Gasteiger partial charge in [0.1, 0.15) is 5.75 Å². The molecule has 2 aromatic rings. The number of nitrogens with one attached hydrogen (secondary N) is 1. The minimum atomic E-state index is -0.00908. The van der Waals surface area contributed by atoms with E-state index in [0.717, 1.165) is 30.0 Å². The first-order valence-electron chi connectivity index (χ1n) is 8.91. The number of aryl methyl sites for hydroxylation is 1. The summed E-state index contributed by atoms with van der Waals surface area (Å²) < 4.78 is 5.37. The number of carbonyl (C=O) groups excluding carboxylic acids is 1. The monoisotopic (exact) mass is 338 g/mol. The fourth-order valence-corrected chi connectivity index (χ4v) is 3.47. The SMILES string of the molecule is COc1cccc(C(CNC(=O)c2ccccc2C)N2CCCC2)c1. The zero-order valence-electron chi connectivity index (χ0n) is 15.0. The van der Waals surface area contributed by atoms with Crippen LogP contribution < -0.4 is 10.1 Å². The van der Waals surface area contributed by atoms with Crippen LogP contribution in [0.3, 0.4) is 0 Å². The lowest BCUT2D eigenvalue weighted by Crippen LogP contribution is -2.37. The number of nitrogens with zero attached hydrogens (tertiary/aromatic N) is 1. The number of rotatable bonds is 6. The third-order valence-electron chi connectivity index (χ3n) is 4.91. The fourth-order valence-electron chi connectivity index (χ4n) is 3.47. The predicted molar refractivity (Wildman–Crippen MR) is 100 cm³/mol. The van der Waals surface area contributed by atoms with Gasteiger partial charge in [0.05, 0.1) is 13.2 Å². The van der Waals surface area contributed by atoms with Crippen LogP contribution in [0.2, 0.25) is 0 Å². The lowest BCUT2D eigenvalue weighted by atomic mass is 10.0. The largest absolute Gasteiger partial charge is 0.497 e. The number of hydrogen-bond donors (Lipinski definition) is 1. The van der Waals surface area contributed by atoms with Crippen molar-refractivity contribution in [1.29, 1.82) is 0 Å². The number of hydrogen-bond acceptors (Lipinski definition) is 3. The van der Waals surface area contributed by atoms with Gasteiger partial charge in [-0.2, -0.15) is 0 Å². The molecule has 1 heterocycles. The topological polar surface area (TPSA) is 41.6 Å². The Balaban J connectivity index is 1.76. The lowest BCUT2D eigenvalue weighted by molar-refractivity contribution is 0.0937. The van der Waals surface area contributed by atoms with Gasteiger partial charge in [0.15, 0.2) is 0 Å². The molecule has 4 nitrogen and oxygen atoms in total. The quantitative estimate of drug-likeness (QED) is 0.875. The molecule has 0 bridgehead atoms. The van der Waals surface area contributed by atoms with E-state index in [-0.39, 0.29) is 11.9 Å². The van der Waals surface area contributed by atoms with Crippen LogP contribution in [0.25, 0.3) is 0 Å². The number of likely N-dealkylation sites (tertiary alicyclic amines) is 1. The van der Waals surface area contributed by atoms with Gasteiger partial charge in [0.2, 0.25) is 0 Å². The third kappa shape index (κ3) is 4.20. The van der Waals surface area contributed by atoms with Crippen LogP contribution in [0.15, 0.2) is 48.5 Å². The van der Waals surface area contributed by atoms with Gasteiger partial charge < -0.3 is 10.1 Å². The molecule has 1 unspecified atom stereocenters. The van der Waals surface area contributed by atoms with Gasteiger partial charge >= 0.3 is 0 Å². The van der Waals surface area contributed by atoms with Crippen molar-refractivity contribution in [2.24, 2.45) is 0 Å². The second-order valence-electron chi connectivity index (χ2n) is 6.56. The molecule has 1 amide bonds. The number of ether oxygens (including phenoxy) is 1. The van der Waals surface area contributed by atoms with Gasteiger partial charge in [0.25, 0.3) is 5.91 Å². The maximum Gasteiger partial charge on any atom is 0.251 e. The maximum absolute atomic E-state index is 12.6. The van der Waals surface area contributed by atoms with Crippen molar-refractivity contribution in [2.45, 2.75) is 25.8 Å². The van der Waals surface area contributed by atoms with Gasteiger partial charge in [-0.15, -0.1) is 0 Å². The summed E-state index contributed by atoms with van der Waals surface area (Å²) in [5.41, 5.74) is 2.93. The van der Waals surface area contributed by atoms with Gasteiger partial charge in [-0.25, -0.2) is 0 Å². The number of amides is 1. The average molecular weight is 338 g/mol. The van der Waals surface area contributed by atoms with Crippen molar-refractivity contribution in [2.75, 3.05) is 26.7 Å². The van der Waals surface area contributed by atoms with E-state index in [1.807, 2.05) is 43.3 Å². The van der Waals surface area contributed by atoms with Crippen LogP contribution in [0.4, 0.5) is 0 Å². The summed E-state index contributed by atoms with van der Waals surface area (Å²) in [6.07, 6.45) is 2.43. The van der Waals surface area contributed by atoms with Gasteiger partial charge in [-0.05, 0) is 62.2 Å². The van der Waals surface area contributed by atoms with E-state index >= 15 is 0 Å². The molecule has 4 heteroatoms. The van der Waals surface area contributed by atoms with Crippen molar-refractivity contribution in [3.63, 3.8) is 0 Å². The maximum atomic E-state index is 12.6. The van der Waals surface area contributed by atoms with Crippen LogP contribution in [-0.4, -0.2) is 37.6 Å². The third-order valence-corrected chi connectivity index (χ3v) is 4.91. The van der Waals surface area contributed by atoms with Crippen LogP contribution in [0.1, 0.15) is 40.4 Å². The molecule has 1 N–H and O–H groups in total. The van der Waals surface area contributed by atoms with Crippen LogP contribution in [0, 0.1) is 6.92 Å². The van der Waals surface area contributed by atoms with E-state index in [1.165, 1.54) is 18.4 Å². The molecule has 1 aliphatic heterocycles. The highest BCUT2D eigenvalue weighted by atomic mass is 16.5. The summed E-state index contributed by atoms with van der Waals surface area (Å²) in [5.74, 6) is 0.845. The highest BCUT2D eigenvalue weighted by Crippen LogP contribution is 2.27. The summed E-state index contributed by atoms with van der Waals surface area (Å²) >= 11 is 0. The first-order chi connectivity index (χ1) is 12.2. The Labute approximate surface area is 149 Å². The first kappa shape index (κ1) is 17.5. The molecular weight excluding hydrogens is 312 g/mol. The first-order valence-corrected chi connectivity index (χ1v) is 8.91. The Morgan fingerprint density at radius 1 is 1.16 bits per heavy atom. The van der Waals surface area contributed by atoms with Crippen molar-refractivity contribution >= 4 is 5.91 Å². The average Bonchev–Trinajstić information content (AvgIpc) is 3.16. The van der Waals surface area contributed by atoms with Gasteiger partial charge in [0, 0.05) is 12.1 Å². The van der Waals surface area contributed by atoms with Crippen molar-refractivity contribution < 1.29 is 9.53 Å². The summed E-state index contributed by atoms with van der Waals surface area (Å²) in [6.45, 7) is 4.71. The zero-order valence-corrected chi connectivity index (χ0v) is 15.0. The number of methoxy groups -OCH3 is 1. The van der Waals surface area contributed by atoms with Crippen molar-refractivity contribution in [3.8, 4) is 5.75 Å². The minimum Gasteiger partial charge on any atom is -0.497 e. The predicted octanol–water partition coefficient (Wildman–Crippen LogP) is 3.57. The molecule has 2 aromatic carbocycles. The fraction of sp³-hybridized carbons (Fsp3) is 0.381.